The number of thiazole rings is 1. The van der Waals surface area contributed by atoms with E-state index < -0.39 is 0 Å². The molecular formula is C10H19NS. The Balaban J connectivity index is 0.000000561. The fourth-order valence-corrected chi connectivity index (χ4v) is 1.90. The molecule has 0 spiro atoms. The third kappa shape index (κ3) is 3.35. The van der Waals surface area contributed by atoms with Crippen molar-refractivity contribution < 1.29 is 0 Å². The van der Waals surface area contributed by atoms with Gasteiger partial charge in [0, 0.05) is 4.88 Å². The Morgan fingerprint density at radius 1 is 1.25 bits per heavy atom. The molecule has 2 heteroatoms. The highest BCUT2D eigenvalue weighted by Crippen LogP contribution is 2.17. The summed E-state index contributed by atoms with van der Waals surface area (Å²) in [4.78, 5) is 5.78. The van der Waals surface area contributed by atoms with E-state index in [2.05, 4.69) is 25.8 Å². The summed E-state index contributed by atoms with van der Waals surface area (Å²) in [6.07, 6.45) is 2.34. The first kappa shape index (κ1) is 11.6. The zero-order valence-corrected chi connectivity index (χ0v) is 9.59. The normalized spacial score (nSPS) is 9.08. The van der Waals surface area contributed by atoms with Gasteiger partial charge in [-0.2, -0.15) is 0 Å². The van der Waals surface area contributed by atoms with Crippen LogP contribution >= 0.6 is 11.3 Å². The molecule has 0 aliphatic rings. The van der Waals surface area contributed by atoms with E-state index in [4.69, 9.17) is 0 Å². The predicted octanol–water partition coefficient (Wildman–Crippen LogP) is 3.74. The van der Waals surface area contributed by atoms with Crippen LogP contribution < -0.4 is 0 Å². The van der Waals surface area contributed by atoms with Crippen LogP contribution in [0.1, 0.15) is 42.8 Å². The van der Waals surface area contributed by atoms with Gasteiger partial charge < -0.3 is 0 Å². The molecule has 1 heterocycles. The maximum absolute atomic E-state index is 4.42. The third-order valence-corrected chi connectivity index (χ3v) is 2.67. The quantitative estimate of drug-likeness (QED) is 0.684. The van der Waals surface area contributed by atoms with Crippen LogP contribution in [-0.2, 0) is 6.42 Å². The number of aryl methyl sites for hydroxylation is 3. The van der Waals surface area contributed by atoms with Crippen LogP contribution in [0.3, 0.4) is 0 Å². The second-order valence-electron chi connectivity index (χ2n) is 2.50. The summed E-state index contributed by atoms with van der Waals surface area (Å²) in [7, 11) is 0. The average molecular weight is 185 g/mol. The van der Waals surface area contributed by atoms with E-state index >= 15 is 0 Å². The fraction of sp³-hybridized carbons (Fsp3) is 0.700. The lowest BCUT2D eigenvalue weighted by atomic mass is 10.3. The minimum absolute atomic E-state index is 1.14. The fourth-order valence-electron chi connectivity index (χ4n) is 0.860. The molecule has 0 saturated heterocycles. The first-order chi connectivity index (χ1) is 5.74. The Morgan fingerprint density at radius 2 is 1.83 bits per heavy atom. The van der Waals surface area contributed by atoms with Gasteiger partial charge >= 0.3 is 0 Å². The van der Waals surface area contributed by atoms with Crippen LogP contribution in [-0.4, -0.2) is 4.98 Å². The third-order valence-electron chi connectivity index (χ3n) is 1.54. The Hall–Kier alpha value is -0.370. The van der Waals surface area contributed by atoms with Crippen LogP contribution in [0.4, 0.5) is 0 Å². The van der Waals surface area contributed by atoms with E-state index in [1.54, 1.807) is 0 Å². The zero-order valence-electron chi connectivity index (χ0n) is 8.77. The summed E-state index contributed by atoms with van der Waals surface area (Å²) in [6, 6.07) is 0. The largest absolute Gasteiger partial charge is 0.246 e. The van der Waals surface area contributed by atoms with Crippen molar-refractivity contribution in [2.24, 2.45) is 0 Å². The molecule has 0 N–H and O–H groups in total. The van der Waals surface area contributed by atoms with Crippen LogP contribution in [0.5, 0.6) is 0 Å². The number of aromatic nitrogens is 1. The van der Waals surface area contributed by atoms with Crippen molar-refractivity contribution in [2.75, 3.05) is 0 Å². The molecular weight excluding hydrogens is 166 g/mol. The first-order valence-electron chi connectivity index (χ1n) is 4.67. The van der Waals surface area contributed by atoms with E-state index in [0.717, 1.165) is 6.42 Å². The van der Waals surface area contributed by atoms with Gasteiger partial charge in [-0.1, -0.05) is 20.8 Å². The van der Waals surface area contributed by atoms with E-state index in [0.29, 0.717) is 0 Å². The summed E-state index contributed by atoms with van der Waals surface area (Å²) in [5.74, 6) is 0. The van der Waals surface area contributed by atoms with Crippen molar-refractivity contribution in [1.29, 1.82) is 0 Å². The molecule has 1 aromatic rings. The summed E-state index contributed by atoms with van der Waals surface area (Å²) in [5.41, 5.74) is 1.20. The maximum atomic E-state index is 4.42. The van der Waals surface area contributed by atoms with E-state index in [1.165, 1.54) is 22.0 Å². The monoisotopic (exact) mass is 185 g/mol. The Bertz CT molecular complexity index is 196. The number of hydrogen-bond acceptors (Lipinski definition) is 2. The maximum Gasteiger partial charge on any atom is 0.0930 e. The van der Waals surface area contributed by atoms with Crippen LogP contribution in [0.25, 0.3) is 0 Å². The van der Waals surface area contributed by atoms with Crippen molar-refractivity contribution in [1.82, 2.24) is 4.98 Å². The minimum atomic E-state index is 1.14. The van der Waals surface area contributed by atoms with Crippen molar-refractivity contribution in [3.05, 3.63) is 15.6 Å². The molecule has 1 aromatic heterocycles. The molecule has 0 saturated carbocycles. The lowest BCUT2D eigenvalue weighted by Gasteiger charge is -1.85. The summed E-state index contributed by atoms with van der Waals surface area (Å²) in [5, 5.41) is 1.29. The van der Waals surface area contributed by atoms with Gasteiger partial charge in [0.2, 0.25) is 0 Å². The molecule has 70 valence electrons. The zero-order chi connectivity index (χ0) is 9.56. The van der Waals surface area contributed by atoms with Gasteiger partial charge in [0.15, 0.2) is 0 Å². The van der Waals surface area contributed by atoms with Gasteiger partial charge in [0.25, 0.3) is 0 Å². The van der Waals surface area contributed by atoms with Crippen molar-refractivity contribution in [3.8, 4) is 0 Å². The van der Waals surface area contributed by atoms with Gasteiger partial charge in [-0.05, 0) is 26.7 Å². The van der Waals surface area contributed by atoms with E-state index in [-0.39, 0.29) is 0 Å². The molecule has 1 nitrogen and oxygen atoms in total. The summed E-state index contributed by atoms with van der Waals surface area (Å²) in [6.45, 7) is 10.4. The van der Waals surface area contributed by atoms with Gasteiger partial charge in [-0.25, -0.2) is 4.98 Å². The standard InChI is InChI=1S/C8H13NS.C2H6/c1-4-5-8-9-6(2)7(3)10-8;1-2/h4-5H2,1-3H3;1-2H3. The molecule has 0 aliphatic heterocycles. The van der Waals surface area contributed by atoms with Crippen molar-refractivity contribution in [2.45, 2.75) is 47.5 Å². The highest BCUT2D eigenvalue weighted by atomic mass is 32.1. The SMILES string of the molecule is CC.CCCc1nc(C)c(C)s1. The van der Waals surface area contributed by atoms with Gasteiger partial charge in [0.1, 0.15) is 0 Å². The smallest absolute Gasteiger partial charge is 0.0930 e. The van der Waals surface area contributed by atoms with Crippen molar-refractivity contribution >= 4 is 11.3 Å². The molecule has 0 fully saturated rings. The molecule has 1 rings (SSSR count). The Morgan fingerprint density at radius 3 is 2.17 bits per heavy atom. The Kier molecular flexibility index (Phi) is 5.99. The summed E-state index contributed by atoms with van der Waals surface area (Å²) < 4.78 is 0. The molecule has 0 amide bonds. The Labute approximate surface area is 79.9 Å². The molecule has 0 unspecified atom stereocenters. The van der Waals surface area contributed by atoms with Gasteiger partial charge in [-0.15, -0.1) is 11.3 Å². The lowest BCUT2D eigenvalue weighted by Crippen LogP contribution is -1.80. The van der Waals surface area contributed by atoms with E-state index in [9.17, 15) is 0 Å². The first-order valence-corrected chi connectivity index (χ1v) is 5.48. The number of rotatable bonds is 2. The molecule has 0 atom stereocenters. The van der Waals surface area contributed by atoms with Crippen molar-refractivity contribution in [3.63, 3.8) is 0 Å². The van der Waals surface area contributed by atoms with Gasteiger partial charge in [0.05, 0.1) is 10.7 Å². The van der Waals surface area contributed by atoms with Gasteiger partial charge in [-0.3, -0.25) is 0 Å². The topological polar surface area (TPSA) is 12.9 Å². The molecule has 0 bridgehead atoms. The lowest BCUT2D eigenvalue weighted by molar-refractivity contribution is 0.903. The number of nitrogens with zero attached hydrogens (tertiary/aromatic N) is 1. The predicted molar refractivity (Wildman–Crippen MR) is 56.9 cm³/mol. The van der Waals surface area contributed by atoms with Crippen LogP contribution in [0.2, 0.25) is 0 Å². The second-order valence-corrected chi connectivity index (χ2v) is 3.79. The highest BCUT2D eigenvalue weighted by Gasteiger charge is 2.00. The molecule has 0 aliphatic carbocycles. The van der Waals surface area contributed by atoms with E-state index in [1.807, 2.05) is 25.2 Å². The molecule has 12 heavy (non-hydrogen) atoms. The second kappa shape index (κ2) is 6.18. The minimum Gasteiger partial charge on any atom is -0.246 e. The summed E-state index contributed by atoms with van der Waals surface area (Å²) >= 11 is 1.83. The highest BCUT2D eigenvalue weighted by molar-refractivity contribution is 7.11. The molecule has 0 aromatic carbocycles. The number of hydrogen-bond donors (Lipinski definition) is 0. The average Bonchev–Trinajstić information content (AvgIpc) is 2.36. The van der Waals surface area contributed by atoms with Crippen LogP contribution in [0.15, 0.2) is 0 Å². The molecule has 0 radical (unpaired) electrons. The van der Waals surface area contributed by atoms with Crippen LogP contribution in [0, 0.1) is 13.8 Å².